The van der Waals surface area contributed by atoms with E-state index in [0.717, 1.165) is 33.4 Å². The molecule has 3 fully saturated rings. The Morgan fingerprint density at radius 2 is 1.35 bits per heavy atom. The van der Waals surface area contributed by atoms with Crippen molar-refractivity contribution in [1.82, 2.24) is 10.2 Å². The molecule has 1 aliphatic heterocycles. The molecule has 2 aromatic carbocycles. The molecule has 1 amide bonds. The average molecular weight is 986 g/mol. The monoisotopic (exact) mass is 984 g/mol. The van der Waals surface area contributed by atoms with Crippen molar-refractivity contribution in [2.45, 2.75) is 121 Å². The van der Waals surface area contributed by atoms with E-state index in [1.165, 1.54) is 0 Å². The van der Waals surface area contributed by atoms with Gasteiger partial charge in [0, 0.05) is 23.9 Å². The van der Waals surface area contributed by atoms with Gasteiger partial charge in [0.2, 0.25) is 0 Å². The normalized spacial score (nSPS) is 31.8. The highest BCUT2D eigenvalue weighted by molar-refractivity contribution is 8.05. The lowest BCUT2D eigenvalue weighted by molar-refractivity contribution is -0.153. The van der Waals surface area contributed by atoms with E-state index in [4.69, 9.17) is 30.1 Å². The molecule has 0 bridgehead atoms. The Morgan fingerprint density at radius 1 is 0.894 bits per heavy atom. The largest absolute Gasteiger partial charge is 0.465 e. The van der Waals surface area contributed by atoms with E-state index in [1.54, 1.807) is 31.2 Å². The maximum atomic E-state index is 13.9. The van der Waals surface area contributed by atoms with Crippen LogP contribution in [0.4, 0.5) is 37.7 Å². The fraction of sp³-hybridized carbons (Fsp3) is 0.609. The number of aliphatic hydroxyl groups excluding tert-OH is 2. The first kappa shape index (κ1) is 54.4. The Morgan fingerprint density at radius 3 is 1.77 bits per heavy atom. The number of thiocyanates is 1. The first-order chi connectivity index (χ1) is 30.3. The van der Waals surface area contributed by atoms with Gasteiger partial charge in [0.05, 0.1) is 44.8 Å². The number of hydrogen-bond acceptors (Lipinski definition) is 9. The van der Waals surface area contributed by atoms with Gasteiger partial charge in [-0.25, -0.2) is 9.69 Å². The van der Waals surface area contributed by atoms with Gasteiger partial charge >= 0.3 is 18.3 Å². The van der Waals surface area contributed by atoms with Crippen LogP contribution in [0.15, 0.2) is 36.4 Å². The number of thioether (sulfide) groups is 1. The summed E-state index contributed by atoms with van der Waals surface area (Å²) in [5, 5.41) is 36.0. The third-order valence-corrected chi connectivity index (χ3v) is 15.5. The van der Waals surface area contributed by atoms with Gasteiger partial charge in [0.15, 0.2) is 21.2 Å². The van der Waals surface area contributed by atoms with Crippen LogP contribution < -0.4 is 11.1 Å². The summed E-state index contributed by atoms with van der Waals surface area (Å²) >= 11 is 6.31. The fourth-order valence-electron chi connectivity index (χ4n) is 11.5. The van der Waals surface area contributed by atoms with Gasteiger partial charge in [-0.3, -0.25) is 14.5 Å². The molecule has 4 aliphatic carbocycles. The number of nitrogens with one attached hydrogen (secondary N) is 1. The summed E-state index contributed by atoms with van der Waals surface area (Å²) in [6.07, 6.45) is -7.96. The van der Waals surface area contributed by atoms with Crippen molar-refractivity contribution in [2.75, 3.05) is 19.7 Å². The molecule has 0 aromatic heterocycles. The van der Waals surface area contributed by atoms with Crippen molar-refractivity contribution in [1.29, 1.82) is 5.26 Å². The van der Waals surface area contributed by atoms with Gasteiger partial charge in [0.1, 0.15) is 10.9 Å². The second-order valence-corrected chi connectivity index (χ2v) is 19.7. The molecule has 10 atom stereocenters. The molecule has 66 heavy (non-hydrogen) atoms. The maximum absolute atomic E-state index is 13.9. The molecule has 2 saturated carbocycles. The van der Waals surface area contributed by atoms with E-state index in [0.29, 0.717) is 55.5 Å². The Hall–Kier alpha value is -4.16. The molecule has 360 valence electrons. The van der Waals surface area contributed by atoms with E-state index < -0.39 is 76.9 Å². The number of rotatable bonds is 6. The molecule has 20 heteroatoms. The van der Waals surface area contributed by atoms with Crippen molar-refractivity contribution in [2.24, 2.45) is 40.2 Å². The van der Waals surface area contributed by atoms with Gasteiger partial charge in [-0.2, -0.15) is 31.6 Å². The standard InChI is InChI=1S/C22H24F3N3O2S.C21H24N2O3S.C3H6F3N.ClH/c1-12-9-20(10-13(2)17(12)29)11-14-4-5-15(26-3)8-16(14)22(20)18(30)28(19(31)27-22)7-6-21(23,24)25;1-5-26-19(25)21(27-12-22)17-8-16(23-4)7-6-15(17)11-20(21)9-13(2)18(24)14(3)10-20;4-3(5,6)1-2-7;/h4-5,8,12-13,17,29H,6-7,9-11H2,1-2H3,(H,27,31);6-8,13-14,18,24H,5,9-11H2,1-3H3;1-2,7H2;1H/t12-,13+,17?,20?,22-;13-,14+,18?,20?,21-;;/m11../s1. The molecule has 5 N–H and O–H groups in total. The van der Waals surface area contributed by atoms with E-state index >= 15 is 0 Å². The third kappa shape index (κ3) is 10.0. The van der Waals surface area contributed by atoms with Gasteiger partial charge in [-0.15, -0.1) is 12.4 Å². The van der Waals surface area contributed by atoms with Crippen molar-refractivity contribution >= 4 is 64.8 Å². The maximum Gasteiger partial charge on any atom is 0.390 e. The van der Waals surface area contributed by atoms with Gasteiger partial charge in [-0.05, 0) is 115 Å². The Balaban J connectivity index is 0.000000251. The molecular formula is C46H55ClF6N6O5S2. The van der Waals surface area contributed by atoms with Crippen LogP contribution >= 0.6 is 36.4 Å². The summed E-state index contributed by atoms with van der Waals surface area (Å²) in [4.78, 5) is 35.2. The van der Waals surface area contributed by atoms with Crippen LogP contribution in [0.5, 0.6) is 0 Å². The van der Waals surface area contributed by atoms with E-state index in [2.05, 4.69) is 26.1 Å². The van der Waals surface area contributed by atoms with Crippen LogP contribution in [-0.2, 0) is 37.5 Å². The minimum absolute atomic E-state index is 0. The predicted octanol–water partition coefficient (Wildman–Crippen LogP) is 9.57. The lowest BCUT2D eigenvalue weighted by Gasteiger charge is -2.50. The SMILES string of the molecule is Cl.NCCC(F)(F)F.[C-]#[N+]c1ccc2c(c1)[C@@](SC#N)(C(=O)OCC)C1(C2)C[C@@H](C)C(O)[C@@H](C)C1.[C-]#[N+]c1ccc2c(c1)[C@]1(NC(=S)N(CCC(F)(F)F)C1=O)C1(C2)C[C@@H](C)C(O)[C@@H](C)C1. The summed E-state index contributed by atoms with van der Waals surface area (Å²) < 4.78 is 75.9. The highest BCUT2D eigenvalue weighted by Gasteiger charge is 2.69. The zero-order valence-electron chi connectivity index (χ0n) is 37.2. The molecule has 2 aromatic rings. The first-order valence-corrected chi connectivity index (χ1v) is 22.7. The number of nitrogens with two attached hydrogens (primary N) is 1. The number of alkyl halides is 6. The number of nitrogens with zero attached hydrogens (tertiary/aromatic N) is 4. The smallest absolute Gasteiger partial charge is 0.390 e. The van der Waals surface area contributed by atoms with Crippen molar-refractivity contribution in [3.05, 3.63) is 81.5 Å². The fourth-order valence-corrected chi connectivity index (χ4v) is 12.8. The molecular weight excluding hydrogens is 930 g/mol. The van der Waals surface area contributed by atoms with Crippen molar-refractivity contribution in [3.8, 4) is 5.40 Å². The second-order valence-electron chi connectivity index (χ2n) is 18.3. The third-order valence-electron chi connectivity index (χ3n) is 13.9. The van der Waals surface area contributed by atoms with Gasteiger partial charge in [0.25, 0.3) is 5.91 Å². The van der Waals surface area contributed by atoms with E-state index in [9.17, 15) is 51.4 Å². The lowest BCUT2D eigenvalue weighted by Crippen LogP contribution is -2.59. The topological polar surface area (TPSA) is 158 Å². The van der Waals surface area contributed by atoms with Crippen molar-refractivity contribution < 1.29 is 50.9 Å². The molecule has 0 radical (unpaired) electrons. The molecule has 4 unspecified atom stereocenters. The van der Waals surface area contributed by atoms with E-state index in [-0.39, 0.29) is 54.3 Å². The van der Waals surface area contributed by atoms with Gasteiger partial charge < -0.3 is 26.0 Å². The zero-order valence-corrected chi connectivity index (χ0v) is 39.6. The summed E-state index contributed by atoms with van der Waals surface area (Å²) in [6, 6.07) is 10.6. The molecule has 1 heterocycles. The van der Waals surface area contributed by atoms with Crippen LogP contribution in [-0.4, -0.2) is 76.4 Å². The number of thiocarbonyl (C=S) groups is 1. The Bertz CT molecular complexity index is 2260. The Labute approximate surface area is 397 Å². The predicted molar refractivity (Wildman–Crippen MR) is 243 cm³/mol. The zero-order chi connectivity index (χ0) is 48.5. The number of ether oxygens (including phenoxy) is 1. The number of fused-ring (bicyclic) bond motifs is 4. The number of carbonyl (C=O) groups excluding carboxylic acids is 2. The number of nitriles is 1. The first-order valence-electron chi connectivity index (χ1n) is 21.4. The van der Waals surface area contributed by atoms with Crippen LogP contribution in [0, 0.1) is 58.3 Å². The summed E-state index contributed by atoms with van der Waals surface area (Å²) in [5.41, 5.74) is 6.17. The number of carbonyl (C=O) groups is 2. The van der Waals surface area contributed by atoms with Crippen LogP contribution in [0.25, 0.3) is 9.69 Å². The number of amides is 1. The van der Waals surface area contributed by atoms with Crippen LogP contribution in [0.2, 0.25) is 0 Å². The summed E-state index contributed by atoms with van der Waals surface area (Å²) in [6.45, 7) is 23.7. The number of halogens is 7. The summed E-state index contributed by atoms with van der Waals surface area (Å²) in [5.74, 6) is -1.06. The summed E-state index contributed by atoms with van der Waals surface area (Å²) in [7, 11) is 0. The number of benzene rings is 2. The lowest BCUT2D eigenvalue weighted by atomic mass is 9.56. The number of hydrogen-bond donors (Lipinski definition) is 4. The number of esters is 1. The highest BCUT2D eigenvalue weighted by Crippen LogP contribution is 2.66. The minimum atomic E-state index is -4.41. The average Bonchev–Trinajstić information content (AvgIpc) is 3.75. The van der Waals surface area contributed by atoms with Gasteiger partial charge in [-0.1, -0.05) is 64.1 Å². The highest BCUT2D eigenvalue weighted by atomic mass is 35.5. The minimum Gasteiger partial charge on any atom is -0.465 e. The molecule has 7 rings (SSSR count). The van der Waals surface area contributed by atoms with Crippen LogP contribution in [0.1, 0.15) is 95.4 Å². The van der Waals surface area contributed by atoms with Crippen LogP contribution in [0.3, 0.4) is 0 Å². The van der Waals surface area contributed by atoms with Crippen molar-refractivity contribution in [3.63, 3.8) is 0 Å². The molecule has 11 nitrogen and oxygen atoms in total. The quantitative estimate of drug-likeness (QED) is 0.0723. The molecule has 1 saturated heterocycles. The molecule has 3 spiro atoms. The van der Waals surface area contributed by atoms with E-state index in [1.807, 2.05) is 39.8 Å². The number of aliphatic hydroxyl groups is 2. The second kappa shape index (κ2) is 20.6. The molecule has 5 aliphatic rings. The Kier molecular flexibility index (Phi) is 17.0.